The molecule has 1 amide bonds. The smallest absolute Gasteiger partial charge is 0.404 e. The van der Waals surface area contributed by atoms with E-state index in [1.54, 1.807) is 18.2 Å². The summed E-state index contributed by atoms with van der Waals surface area (Å²) in [5.41, 5.74) is 2.21. The summed E-state index contributed by atoms with van der Waals surface area (Å²) in [4.78, 5) is 11.1. The van der Waals surface area contributed by atoms with Crippen molar-refractivity contribution in [2.75, 3.05) is 30.9 Å². The molecular formula is C21H21FN4O4S. The molecule has 1 aliphatic heterocycles. The van der Waals surface area contributed by atoms with Crippen LogP contribution in [0.1, 0.15) is 23.1 Å². The van der Waals surface area contributed by atoms with Crippen LogP contribution in [0.4, 0.5) is 20.6 Å². The molecule has 4 N–H and O–H groups in total. The van der Waals surface area contributed by atoms with Gasteiger partial charge in [-0.15, -0.1) is 0 Å². The summed E-state index contributed by atoms with van der Waals surface area (Å²) in [7, 11) is 1.50. The number of ether oxygens (including phenoxy) is 2. The van der Waals surface area contributed by atoms with E-state index in [9.17, 15) is 14.4 Å². The van der Waals surface area contributed by atoms with Crippen LogP contribution in [-0.2, 0) is 13.0 Å². The molecule has 0 aromatic heterocycles. The molecule has 1 aliphatic rings. The first-order valence-electron chi connectivity index (χ1n) is 9.48. The Morgan fingerprint density at radius 1 is 1.42 bits per heavy atom. The van der Waals surface area contributed by atoms with Gasteiger partial charge in [0.25, 0.3) is 0 Å². The molecule has 0 saturated heterocycles. The third kappa shape index (κ3) is 5.32. The summed E-state index contributed by atoms with van der Waals surface area (Å²) in [5.74, 6) is 0.455. The molecule has 2 aromatic carbocycles. The predicted molar refractivity (Wildman–Crippen MR) is 117 cm³/mol. The summed E-state index contributed by atoms with van der Waals surface area (Å²) in [6.07, 6.45) is 0.0945. The number of benzene rings is 2. The van der Waals surface area contributed by atoms with Crippen LogP contribution in [0.15, 0.2) is 24.3 Å². The zero-order valence-corrected chi connectivity index (χ0v) is 17.6. The zero-order chi connectivity index (χ0) is 22.4. The van der Waals surface area contributed by atoms with E-state index in [1.807, 2.05) is 6.07 Å². The molecule has 10 heteroatoms. The predicted octanol–water partition coefficient (Wildman–Crippen LogP) is 3.65. The minimum Gasteiger partial charge on any atom is -0.493 e. The number of halogens is 1. The number of anilines is 2. The molecule has 31 heavy (non-hydrogen) atoms. The second kappa shape index (κ2) is 9.95. The molecule has 0 saturated carbocycles. The normalized spacial score (nSPS) is 12.0. The van der Waals surface area contributed by atoms with Gasteiger partial charge in [0.2, 0.25) is 0 Å². The minimum atomic E-state index is -1.18. The average Bonchev–Trinajstić information content (AvgIpc) is 2.78. The van der Waals surface area contributed by atoms with Crippen molar-refractivity contribution in [2.24, 2.45) is 0 Å². The Kier molecular flexibility index (Phi) is 7.10. The van der Waals surface area contributed by atoms with Crippen molar-refractivity contribution in [3.63, 3.8) is 0 Å². The molecule has 0 fully saturated rings. The molecule has 0 atom stereocenters. The Morgan fingerprint density at radius 2 is 2.23 bits per heavy atom. The first-order valence-corrected chi connectivity index (χ1v) is 9.89. The average molecular weight is 444 g/mol. The highest BCUT2D eigenvalue weighted by Gasteiger charge is 2.23. The maximum absolute atomic E-state index is 14.9. The monoisotopic (exact) mass is 444 g/mol. The molecule has 0 unspecified atom stereocenters. The highest BCUT2D eigenvalue weighted by Crippen LogP contribution is 2.40. The second-order valence-electron chi connectivity index (χ2n) is 6.74. The summed E-state index contributed by atoms with van der Waals surface area (Å²) in [5, 5.41) is 26.2. The first-order chi connectivity index (χ1) is 14.9. The van der Waals surface area contributed by atoms with Crippen LogP contribution >= 0.6 is 12.2 Å². The van der Waals surface area contributed by atoms with E-state index in [4.69, 9.17) is 26.8 Å². The third-order valence-corrected chi connectivity index (χ3v) is 4.94. The maximum Gasteiger partial charge on any atom is 0.404 e. The number of carboxylic acid groups (broad SMARTS) is 1. The van der Waals surface area contributed by atoms with Gasteiger partial charge in [-0.3, -0.25) is 0 Å². The van der Waals surface area contributed by atoms with E-state index >= 15 is 0 Å². The molecular weight excluding hydrogens is 423 g/mol. The van der Waals surface area contributed by atoms with Gasteiger partial charge in [-0.1, -0.05) is 12.2 Å². The fourth-order valence-electron chi connectivity index (χ4n) is 3.22. The van der Waals surface area contributed by atoms with Crippen LogP contribution in [0.25, 0.3) is 0 Å². The van der Waals surface area contributed by atoms with Gasteiger partial charge in [-0.05, 0) is 36.6 Å². The van der Waals surface area contributed by atoms with Crippen molar-refractivity contribution < 1.29 is 23.8 Å². The van der Waals surface area contributed by atoms with Crippen LogP contribution < -0.4 is 25.4 Å². The lowest BCUT2D eigenvalue weighted by Crippen LogP contribution is -2.22. The van der Waals surface area contributed by atoms with E-state index in [1.165, 1.54) is 13.2 Å². The number of amides is 1. The van der Waals surface area contributed by atoms with Crippen molar-refractivity contribution in [3.05, 3.63) is 46.8 Å². The highest BCUT2D eigenvalue weighted by molar-refractivity contribution is 7.80. The Labute approximate surface area is 184 Å². The van der Waals surface area contributed by atoms with Gasteiger partial charge in [-0.25, -0.2) is 9.18 Å². The molecule has 2 aromatic rings. The summed E-state index contributed by atoms with van der Waals surface area (Å²) in [6.45, 7) is 0.716. The Balaban J connectivity index is 1.69. The lowest BCUT2D eigenvalue weighted by Gasteiger charge is -2.22. The summed E-state index contributed by atoms with van der Waals surface area (Å²) < 4.78 is 25.8. The van der Waals surface area contributed by atoms with Gasteiger partial charge in [-0.2, -0.15) is 5.26 Å². The molecule has 0 spiro atoms. The van der Waals surface area contributed by atoms with Crippen molar-refractivity contribution in [3.8, 4) is 17.6 Å². The number of carbonyl (C=O) groups is 1. The molecule has 0 aliphatic carbocycles. The number of fused-ring (bicyclic) bond motifs is 1. The van der Waals surface area contributed by atoms with Gasteiger partial charge in [0.05, 0.1) is 42.6 Å². The van der Waals surface area contributed by atoms with Crippen molar-refractivity contribution >= 4 is 34.7 Å². The summed E-state index contributed by atoms with van der Waals surface area (Å²) in [6, 6.07) is 8.48. The number of nitrogens with one attached hydrogen (secondary N) is 3. The highest BCUT2D eigenvalue weighted by atomic mass is 32.1. The van der Waals surface area contributed by atoms with Crippen LogP contribution in [0.5, 0.6) is 11.5 Å². The van der Waals surface area contributed by atoms with Crippen molar-refractivity contribution in [2.45, 2.75) is 19.4 Å². The fourth-order valence-corrected chi connectivity index (χ4v) is 3.41. The van der Waals surface area contributed by atoms with Crippen LogP contribution in [0.3, 0.4) is 0 Å². The van der Waals surface area contributed by atoms with Gasteiger partial charge in [0.1, 0.15) is 0 Å². The fraction of sp³-hybridized carbons (Fsp3) is 0.286. The molecule has 1 heterocycles. The van der Waals surface area contributed by atoms with E-state index in [2.05, 4.69) is 16.0 Å². The first kappa shape index (κ1) is 22.1. The van der Waals surface area contributed by atoms with Crippen molar-refractivity contribution in [1.29, 1.82) is 5.26 Å². The number of nitrogens with zero attached hydrogens (tertiary/aromatic N) is 1. The van der Waals surface area contributed by atoms with Gasteiger partial charge >= 0.3 is 6.09 Å². The van der Waals surface area contributed by atoms with Crippen LogP contribution in [0.2, 0.25) is 0 Å². The second-order valence-corrected chi connectivity index (χ2v) is 7.24. The standard InChI is InChI=1S/C21H21FN4O4S/c1-29-17-8-16(19(22)15-3-2-6-30-20(15)17)26-18(31)11-24-14-5-4-12(9-23)13(7-14)10-25-21(27)28/h4-5,7-8,24-25H,2-3,6,10-11H2,1H3,(H,26,31)(H,27,28). The quantitative estimate of drug-likeness (QED) is 0.479. The molecule has 0 radical (unpaired) electrons. The van der Waals surface area contributed by atoms with Crippen molar-refractivity contribution in [1.82, 2.24) is 5.32 Å². The number of rotatable bonds is 7. The lowest BCUT2D eigenvalue weighted by atomic mass is 10.0. The Bertz CT molecular complexity index is 1050. The van der Waals surface area contributed by atoms with Gasteiger partial charge in [0.15, 0.2) is 17.3 Å². The molecule has 162 valence electrons. The molecule has 8 nitrogen and oxygen atoms in total. The topological polar surface area (TPSA) is 116 Å². The van der Waals surface area contributed by atoms with E-state index in [0.29, 0.717) is 51.9 Å². The lowest BCUT2D eigenvalue weighted by molar-refractivity contribution is 0.194. The van der Waals surface area contributed by atoms with E-state index in [-0.39, 0.29) is 18.8 Å². The number of hydrogen-bond donors (Lipinski definition) is 4. The van der Waals surface area contributed by atoms with Crippen LogP contribution in [0, 0.1) is 17.1 Å². The molecule has 3 rings (SSSR count). The summed E-state index contributed by atoms with van der Waals surface area (Å²) >= 11 is 5.34. The van der Waals surface area contributed by atoms with Gasteiger partial charge in [0, 0.05) is 23.9 Å². The number of thiocarbonyl (C=S) groups is 1. The largest absolute Gasteiger partial charge is 0.493 e. The SMILES string of the molecule is COc1cc(NC(=S)CNc2ccc(C#N)c(CNC(=O)O)c2)c(F)c2c1OCCC2. The number of nitriles is 1. The van der Waals surface area contributed by atoms with E-state index in [0.717, 1.165) is 6.42 Å². The van der Waals surface area contributed by atoms with Gasteiger partial charge < -0.3 is 30.5 Å². The van der Waals surface area contributed by atoms with E-state index < -0.39 is 11.9 Å². The minimum absolute atomic E-state index is 0.00134. The number of methoxy groups -OCH3 is 1. The zero-order valence-electron chi connectivity index (χ0n) is 16.8. The maximum atomic E-state index is 14.9. The van der Waals surface area contributed by atoms with Crippen LogP contribution in [-0.4, -0.2) is 36.4 Å². The third-order valence-electron chi connectivity index (χ3n) is 4.70. The Morgan fingerprint density at radius 3 is 2.94 bits per heavy atom. The Hall–Kier alpha value is -3.58. The molecule has 0 bridgehead atoms. The number of hydrogen-bond acceptors (Lipinski definition) is 6.